The van der Waals surface area contributed by atoms with Crippen LogP contribution in [0.2, 0.25) is 0 Å². The number of nitrogens with one attached hydrogen (secondary N) is 1. The molecule has 1 saturated heterocycles. The molecule has 1 unspecified atom stereocenters. The highest BCUT2D eigenvalue weighted by atomic mass is 16.2. The molecule has 4 amide bonds. The van der Waals surface area contributed by atoms with Crippen LogP contribution >= 0.6 is 0 Å². The standard InChI is InChI=1S/C14H18N2O4.C6H10/c1-4-9(3)10(5-2)14(20)16(8-17)11-6-7-12(18)15-13(11)19;1-3-5-6-4-2/h4-5,8,11H,6-7H2,1-3H3,(H,15,18,19);3,5H2,1-2H3/b9-4-,10-5+;. The topological polar surface area (TPSA) is 83.6 Å². The molecule has 6 nitrogen and oxygen atoms in total. The van der Waals surface area contributed by atoms with Crippen LogP contribution in [0.4, 0.5) is 0 Å². The van der Waals surface area contributed by atoms with Crippen molar-refractivity contribution in [2.75, 3.05) is 0 Å². The van der Waals surface area contributed by atoms with Gasteiger partial charge in [0.05, 0.1) is 0 Å². The first kappa shape index (κ1) is 23.3. The van der Waals surface area contributed by atoms with Crippen LogP contribution < -0.4 is 5.32 Å². The Balaban J connectivity index is 0.000000896. The molecule has 1 N–H and O–H groups in total. The molecule has 0 aromatic rings. The number of rotatable bonds is 5. The first-order valence-corrected chi connectivity index (χ1v) is 8.68. The van der Waals surface area contributed by atoms with Gasteiger partial charge in [0.2, 0.25) is 18.2 Å². The van der Waals surface area contributed by atoms with E-state index < -0.39 is 17.9 Å². The molecular weight excluding hydrogens is 332 g/mol. The molecule has 26 heavy (non-hydrogen) atoms. The van der Waals surface area contributed by atoms with Crippen LogP contribution in [0.15, 0.2) is 23.3 Å². The van der Waals surface area contributed by atoms with Gasteiger partial charge in [0.1, 0.15) is 6.04 Å². The number of hydrogen-bond donors (Lipinski definition) is 1. The molecule has 0 spiro atoms. The smallest absolute Gasteiger partial charge is 0.260 e. The van der Waals surface area contributed by atoms with Gasteiger partial charge in [-0.25, -0.2) is 0 Å². The van der Waals surface area contributed by atoms with Gasteiger partial charge in [-0.3, -0.25) is 29.4 Å². The van der Waals surface area contributed by atoms with Crippen LogP contribution in [-0.2, 0) is 19.2 Å². The fourth-order valence-corrected chi connectivity index (χ4v) is 2.27. The molecule has 0 bridgehead atoms. The lowest BCUT2D eigenvalue weighted by Crippen LogP contribution is -2.54. The summed E-state index contributed by atoms with van der Waals surface area (Å²) in [4.78, 5) is 47.2. The maximum absolute atomic E-state index is 12.4. The molecule has 1 aliphatic rings. The summed E-state index contributed by atoms with van der Waals surface area (Å²) in [5.74, 6) is 4.23. The Morgan fingerprint density at radius 1 is 1.31 bits per heavy atom. The summed E-state index contributed by atoms with van der Waals surface area (Å²) in [5.41, 5.74) is 1.08. The van der Waals surface area contributed by atoms with Crippen molar-refractivity contribution in [1.29, 1.82) is 0 Å². The van der Waals surface area contributed by atoms with Crippen molar-refractivity contribution in [2.24, 2.45) is 0 Å². The lowest BCUT2D eigenvalue weighted by molar-refractivity contribution is -0.148. The molecule has 1 fully saturated rings. The third-order valence-electron chi connectivity index (χ3n) is 3.82. The molecule has 0 aliphatic carbocycles. The Morgan fingerprint density at radius 2 is 1.96 bits per heavy atom. The van der Waals surface area contributed by atoms with Crippen LogP contribution in [-0.4, -0.2) is 35.1 Å². The molecule has 6 heteroatoms. The third kappa shape index (κ3) is 7.06. The molecule has 0 aromatic heterocycles. The minimum absolute atomic E-state index is 0.113. The number of piperidine rings is 1. The summed E-state index contributed by atoms with van der Waals surface area (Å²) in [7, 11) is 0. The van der Waals surface area contributed by atoms with Gasteiger partial charge in [-0.2, -0.15) is 0 Å². The second kappa shape index (κ2) is 12.6. The average molecular weight is 360 g/mol. The quantitative estimate of drug-likeness (QED) is 0.268. The van der Waals surface area contributed by atoms with E-state index in [-0.39, 0.29) is 18.7 Å². The molecule has 1 atom stereocenters. The minimum atomic E-state index is -0.933. The highest BCUT2D eigenvalue weighted by Crippen LogP contribution is 2.17. The summed E-state index contributed by atoms with van der Waals surface area (Å²) in [6, 6.07) is -0.933. The molecule has 1 heterocycles. The third-order valence-corrected chi connectivity index (χ3v) is 3.82. The molecule has 0 radical (unpaired) electrons. The number of carbonyl (C=O) groups excluding carboxylic acids is 4. The summed E-state index contributed by atoms with van der Waals surface area (Å²) >= 11 is 0. The van der Waals surface area contributed by atoms with Gasteiger partial charge in [-0.1, -0.05) is 19.1 Å². The van der Waals surface area contributed by atoms with Gasteiger partial charge in [0.25, 0.3) is 5.91 Å². The van der Waals surface area contributed by atoms with Gasteiger partial charge < -0.3 is 0 Å². The molecule has 0 saturated carbocycles. The maximum Gasteiger partial charge on any atom is 0.260 e. The second-order valence-corrected chi connectivity index (χ2v) is 5.64. The number of allylic oxidation sites excluding steroid dienone is 2. The maximum atomic E-state index is 12.4. The largest absolute Gasteiger partial charge is 0.295 e. The fraction of sp³-hybridized carbons (Fsp3) is 0.500. The predicted octanol–water partition coefficient (Wildman–Crippen LogP) is 2.50. The van der Waals surface area contributed by atoms with Crippen molar-refractivity contribution >= 4 is 24.1 Å². The zero-order valence-electron chi connectivity index (χ0n) is 16.2. The number of carbonyl (C=O) groups is 4. The van der Waals surface area contributed by atoms with Crippen molar-refractivity contribution in [3.05, 3.63) is 23.3 Å². The van der Waals surface area contributed by atoms with Crippen LogP contribution in [0.1, 0.15) is 60.3 Å². The van der Waals surface area contributed by atoms with E-state index in [2.05, 4.69) is 24.1 Å². The highest BCUT2D eigenvalue weighted by molar-refractivity contribution is 6.08. The van der Waals surface area contributed by atoms with Crippen molar-refractivity contribution in [1.82, 2.24) is 10.2 Å². The Hall–Kier alpha value is -2.68. The number of imide groups is 2. The molecular formula is C20H28N2O4. The number of amides is 4. The predicted molar refractivity (Wildman–Crippen MR) is 101 cm³/mol. The fourth-order valence-electron chi connectivity index (χ4n) is 2.27. The lowest BCUT2D eigenvalue weighted by atomic mass is 10.0. The monoisotopic (exact) mass is 360 g/mol. The number of hydrogen-bond acceptors (Lipinski definition) is 4. The van der Waals surface area contributed by atoms with E-state index in [0.29, 0.717) is 12.0 Å². The van der Waals surface area contributed by atoms with E-state index in [1.54, 1.807) is 32.9 Å². The second-order valence-electron chi connectivity index (χ2n) is 5.64. The summed E-state index contributed by atoms with van der Waals surface area (Å²) in [6.45, 7) is 9.22. The van der Waals surface area contributed by atoms with E-state index >= 15 is 0 Å². The summed E-state index contributed by atoms with van der Waals surface area (Å²) < 4.78 is 0. The Kier molecular flexibility index (Phi) is 11.3. The molecule has 1 rings (SSSR count). The first-order chi connectivity index (χ1) is 12.4. The van der Waals surface area contributed by atoms with E-state index in [1.165, 1.54) is 6.42 Å². The van der Waals surface area contributed by atoms with Gasteiger partial charge in [-0.15, -0.1) is 11.8 Å². The number of unbranched alkanes of at least 4 members (excludes halogenated alkanes) is 1. The Bertz CT molecular complexity index is 650. The van der Waals surface area contributed by atoms with Gasteiger partial charge >= 0.3 is 0 Å². The van der Waals surface area contributed by atoms with Crippen LogP contribution in [0.3, 0.4) is 0 Å². The van der Waals surface area contributed by atoms with E-state index in [9.17, 15) is 19.2 Å². The summed E-state index contributed by atoms with van der Waals surface area (Å²) in [6.07, 6.45) is 6.19. The van der Waals surface area contributed by atoms with Gasteiger partial charge in [-0.05, 0) is 46.1 Å². The Labute approximate surface area is 155 Å². The lowest BCUT2D eigenvalue weighted by Gasteiger charge is -2.29. The van der Waals surface area contributed by atoms with E-state index in [4.69, 9.17) is 0 Å². The average Bonchev–Trinajstić information content (AvgIpc) is 2.63. The summed E-state index contributed by atoms with van der Waals surface area (Å²) in [5, 5.41) is 2.13. The SMILES string of the molecule is C/C=C(C)\C(=C/C)C(=O)N(C=O)C1CCC(=O)NC1=O.CC#CCCC. The molecule has 1 aliphatic heterocycles. The molecule has 0 aromatic carbocycles. The molecule has 142 valence electrons. The highest BCUT2D eigenvalue weighted by Gasteiger charge is 2.35. The van der Waals surface area contributed by atoms with Crippen molar-refractivity contribution < 1.29 is 19.2 Å². The zero-order chi connectivity index (χ0) is 20.1. The van der Waals surface area contributed by atoms with Crippen molar-refractivity contribution in [3.8, 4) is 11.8 Å². The van der Waals surface area contributed by atoms with Gasteiger partial charge in [0.15, 0.2) is 0 Å². The van der Waals surface area contributed by atoms with E-state index in [0.717, 1.165) is 16.9 Å². The normalized spacial score (nSPS) is 17.2. The van der Waals surface area contributed by atoms with Crippen molar-refractivity contribution in [3.63, 3.8) is 0 Å². The minimum Gasteiger partial charge on any atom is -0.295 e. The zero-order valence-corrected chi connectivity index (χ0v) is 16.2. The Morgan fingerprint density at radius 3 is 2.35 bits per heavy atom. The van der Waals surface area contributed by atoms with Crippen LogP contribution in [0.25, 0.3) is 0 Å². The van der Waals surface area contributed by atoms with E-state index in [1.807, 2.05) is 6.92 Å². The van der Waals surface area contributed by atoms with Gasteiger partial charge in [0, 0.05) is 18.4 Å². The van der Waals surface area contributed by atoms with Crippen LogP contribution in [0, 0.1) is 11.8 Å². The van der Waals surface area contributed by atoms with Crippen LogP contribution in [0.5, 0.6) is 0 Å². The van der Waals surface area contributed by atoms with Crippen molar-refractivity contribution in [2.45, 2.75) is 66.3 Å². The first-order valence-electron chi connectivity index (χ1n) is 8.68. The number of nitrogens with zero attached hydrogens (tertiary/aromatic N) is 1.